The fourth-order valence-electron chi connectivity index (χ4n) is 6.90. The molecule has 1 saturated heterocycles. The van der Waals surface area contributed by atoms with E-state index in [2.05, 4.69) is 5.32 Å². The van der Waals surface area contributed by atoms with Gasteiger partial charge in [0.05, 0.1) is 46.8 Å². The largest absolute Gasteiger partial charge is 0.455 e. The van der Waals surface area contributed by atoms with Crippen molar-refractivity contribution in [2.75, 3.05) is 49.2 Å². The molecule has 50 heavy (non-hydrogen) atoms. The van der Waals surface area contributed by atoms with Gasteiger partial charge < -0.3 is 9.73 Å². The Labute approximate surface area is 286 Å². The van der Waals surface area contributed by atoms with E-state index in [4.69, 9.17) is 9.41 Å². The number of anilines is 2. The first-order valence-corrected chi connectivity index (χ1v) is 17.7. The first kappa shape index (κ1) is 31.9. The van der Waals surface area contributed by atoms with Crippen molar-refractivity contribution in [1.29, 1.82) is 0 Å². The number of nitrogens with one attached hydrogen (secondary N) is 1. The molecule has 0 bridgehead atoms. The third-order valence-electron chi connectivity index (χ3n) is 9.45. The zero-order chi connectivity index (χ0) is 35.1. The van der Waals surface area contributed by atoms with Gasteiger partial charge in [-0.1, -0.05) is 22.7 Å². The zero-order valence-corrected chi connectivity index (χ0v) is 28.1. The predicted octanol–water partition coefficient (Wildman–Crippen LogP) is 5.76. The van der Waals surface area contributed by atoms with Crippen LogP contribution in [0.2, 0.25) is 0 Å². The molecule has 1 N–H and O–H groups in total. The molecule has 10 nitrogen and oxygen atoms in total. The number of amides is 1. The summed E-state index contributed by atoms with van der Waals surface area (Å²) in [6.07, 6.45) is 3.73. The minimum atomic E-state index is -3.86. The van der Waals surface area contributed by atoms with Gasteiger partial charge in [-0.3, -0.25) is 18.9 Å². The first-order valence-electron chi connectivity index (χ1n) is 15.9. The molecule has 1 aromatic heterocycles. The summed E-state index contributed by atoms with van der Waals surface area (Å²) in [5, 5.41) is 3.41. The van der Waals surface area contributed by atoms with Crippen molar-refractivity contribution in [3.63, 3.8) is 0 Å². The zero-order valence-electron chi connectivity index (χ0n) is 27.2. The molecule has 4 aliphatic heterocycles. The summed E-state index contributed by atoms with van der Waals surface area (Å²) in [6.45, 7) is 0.977. The van der Waals surface area contributed by atoms with E-state index in [0.717, 1.165) is 21.8 Å². The molecular formula is C36H31F3N6O4S. The number of halogens is 3. The molecule has 0 unspecified atom stereocenters. The van der Waals surface area contributed by atoms with Crippen LogP contribution in [0.1, 0.15) is 21.5 Å². The Morgan fingerprint density at radius 2 is 1.84 bits per heavy atom. The van der Waals surface area contributed by atoms with Crippen LogP contribution in [0, 0.1) is 5.82 Å². The molecule has 5 heterocycles. The number of sulfonamides is 1. The number of carbonyl (C=O) groups excluding carboxylic acids is 1. The van der Waals surface area contributed by atoms with E-state index < -0.39 is 27.9 Å². The summed E-state index contributed by atoms with van der Waals surface area (Å²) in [5.74, 6) is -0.188. The second-order valence-corrected chi connectivity index (χ2v) is 14.6. The number of nitrogens with zero attached hydrogens (tertiary/aromatic N) is 5. The van der Waals surface area contributed by atoms with Crippen molar-refractivity contribution in [2.24, 2.45) is 4.99 Å². The number of para-hydroxylation sites is 1. The van der Waals surface area contributed by atoms with Gasteiger partial charge in [0, 0.05) is 56.2 Å². The van der Waals surface area contributed by atoms with Crippen LogP contribution in [0.15, 0.2) is 99.3 Å². The van der Waals surface area contributed by atoms with E-state index in [-0.39, 0.29) is 39.6 Å². The summed E-state index contributed by atoms with van der Waals surface area (Å²) in [6, 6.07) is 16.1. The number of rotatable bonds is 7. The minimum Gasteiger partial charge on any atom is -0.455 e. The lowest BCUT2D eigenvalue weighted by atomic mass is 9.98. The van der Waals surface area contributed by atoms with Gasteiger partial charge in [-0.25, -0.2) is 22.2 Å². The van der Waals surface area contributed by atoms with Crippen LogP contribution >= 0.6 is 0 Å². The van der Waals surface area contributed by atoms with Crippen molar-refractivity contribution < 1.29 is 30.9 Å². The lowest BCUT2D eigenvalue weighted by molar-refractivity contribution is 0.0806. The number of alkyl halides is 1. The van der Waals surface area contributed by atoms with Gasteiger partial charge in [0.1, 0.15) is 34.9 Å². The number of fused-ring (bicyclic) bond motifs is 5. The van der Waals surface area contributed by atoms with Gasteiger partial charge >= 0.3 is 0 Å². The minimum absolute atomic E-state index is 0.00797. The predicted molar refractivity (Wildman–Crippen MR) is 186 cm³/mol. The number of likely N-dealkylation sites (tertiary alicyclic amines) is 1. The Morgan fingerprint density at radius 3 is 2.54 bits per heavy atom. The lowest BCUT2D eigenvalue weighted by Crippen LogP contribution is -2.53. The van der Waals surface area contributed by atoms with Crippen molar-refractivity contribution in [1.82, 2.24) is 15.3 Å². The van der Waals surface area contributed by atoms with Crippen LogP contribution in [0.4, 0.5) is 24.6 Å². The van der Waals surface area contributed by atoms with Gasteiger partial charge in [0.25, 0.3) is 5.91 Å². The van der Waals surface area contributed by atoms with Crippen LogP contribution in [-0.2, 0) is 16.4 Å². The molecule has 1 fully saturated rings. The highest BCUT2D eigenvalue weighted by atomic mass is 32.2. The van der Waals surface area contributed by atoms with Crippen molar-refractivity contribution >= 4 is 49.8 Å². The molecule has 256 valence electrons. The molecule has 8 rings (SSSR count). The van der Waals surface area contributed by atoms with Gasteiger partial charge in [-0.2, -0.15) is 5.12 Å². The summed E-state index contributed by atoms with van der Waals surface area (Å²) in [7, 11) is -1.06. The smallest absolute Gasteiger partial charge is 0.255 e. The van der Waals surface area contributed by atoms with E-state index in [1.165, 1.54) is 56.6 Å². The normalized spacial score (nSPS) is 17.5. The van der Waals surface area contributed by atoms with Crippen molar-refractivity contribution in [3.8, 4) is 11.3 Å². The van der Waals surface area contributed by atoms with Crippen LogP contribution in [0.25, 0.3) is 28.0 Å². The molecule has 4 aliphatic rings. The fourth-order valence-corrected chi connectivity index (χ4v) is 7.41. The van der Waals surface area contributed by atoms with Gasteiger partial charge in [0.2, 0.25) is 10.0 Å². The van der Waals surface area contributed by atoms with Crippen molar-refractivity contribution in [2.45, 2.75) is 12.6 Å². The van der Waals surface area contributed by atoms with Gasteiger partial charge in [-0.05, 0) is 54.1 Å². The van der Waals surface area contributed by atoms with E-state index in [9.17, 15) is 22.0 Å². The Balaban J connectivity index is 1.32. The molecule has 0 saturated carbocycles. The molecule has 14 heteroatoms. The Hall–Kier alpha value is -5.34. The van der Waals surface area contributed by atoms with Crippen molar-refractivity contribution in [3.05, 3.63) is 112 Å². The van der Waals surface area contributed by atoms with Crippen LogP contribution in [0.3, 0.4) is 0 Å². The molecule has 4 aromatic rings. The number of benzene rings is 3. The second kappa shape index (κ2) is 11.6. The fraction of sp³-hybridized carbons (Fsp3) is 0.222. The number of carbonyl (C=O) groups is 1. The quantitative estimate of drug-likeness (QED) is 0.245. The van der Waals surface area contributed by atoms with Crippen LogP contribution in [-0.4, -0.2) is 76.3 Å². The maximum absolute atomic E-state index is 17.2. The number of aliphatic imine (C=N–C) groups is 1. The third kappa shape index (κ3) is 5.09. The maximum Gasteiger partial charge on any atom is 0.255 e. The molecule has 1 amide bonds. The SMILES string of the molecule is CNC(=O)c1c(-c2ccc(F)cc2)oc2cc(N(C)S(C)(=O)=O)c(C3=CC=C4N=C(CN5CC(F)C5)N5C(=C4N3F)Cc3ccccc35)cc12. The molecular weight excluding hydrogens is 669 g/mol. The number of furan rings is 1. The Kier molecular flexibility index (Phi) is 7.42. The maximum atomic E-state index is 17.2. The standard InChI is InChI=1S/C36H31F3N6O4S/c1-40-36(46)33-25-15-24(29(42(2)50(3,47)48)16-31(25)49-35(33)20-8-10-22(37)11-9-20)28-13-12-26-34(45(28)39)30-14-21-6-4-5-7-27(21)44(30)32(41-26)19-43-17-23(38)18-43/h4-13,15-16,23H,14,17-19H2,1-3H3,(H,40,46). The van der Waals surface area contributed by atoms with Gasteiger partial charge in [-0.15, -0.1) is 0 Å². The first-order chi connectivity index (χ1) is 23.9. The van der Waals surface area contributed by atoms with Crippen LogP contribution < -0.4 is 14.5 Å². The van der Waals surface area contributed by atoms with E-state index >= 15 is 4.48 Å². The Morgan fingerprint density at radius 1 is 1.10 bits per heavy atom. The monoisotopic (exact) mass is 700 g/mol. The second-order valence-electron chi connectivity index (χ2n) is 12.6. The Bertz CT molecular complexity index is 2340. The van der Waals surface area contributed by atoms with E-state index in [1.54, 1.807) is 6.08 Å². The third-order valence-corrected chi connectivity index (χ3v) is 10.6. The number of hydrogen-bond acceptors (Lipinski definition) is 8. The summed E-state index contributed by atoms with van der Waals surface area (Å²) < 4.78 is 77.8. The summed E-state index contributed by atoms with van der Waals surface area (Å²) in [5.41, 5.74) is 4.01. The topological polar surface area (TPSA) is 102 Å². The molecule has 0 aliphatic carbocycles. The number of amidine groups is 1. The van der Waals surface area contributed by atoms with E-state index in [1.807, 2.05) is 34.1 Å². The average Bonchev–Trinajstić information content (AvgIpc) is 3.65. The molecule has 0 atom stereocenters. The molecule has 0 spiro atoms. The van der Waals surface area contributed by atoms with E-state index in [0.29, 0.717) is 59.4 Å². The van der Waals surface area contributed by atoms with Crippen LogP contribution in [0.5, 0.6) is 0 Å². The highest BCUT2D eigenvalue weighted by molar-refractivity contribution is 7.92. The lowest BCUT2D eigenvalue weighted by Gasteiger charge is -2.39. The molecule has 3 aromatic carbocycles. The number of allylic oxidation sites excluding steroid dienone is 3. The highest BCUT2D eigenvalue weighted by Gasteiger charge is 2.41. The number of hydrogen-bond donors (Lipinski definition) is 1. The van der Waals surface area contributed by atoms with Gasteiger partial charge in [0.15, 0.2) is 0 Å². The molecule has 0 radical (unpaired) electrons. The highest BCUT2D eigenvalue weighted by Crippen LogP contribution is 2.47. The summed E-state index contributed by atoms with van der Waals surface area (Å²) >= 11 is 0. The average molecular weight is 701 g/mol. The summed E-state index contributed by atoms with van der Waals surface area (Å²) in [4.78, 5) is 22.1.